The first-order valence-electron chi connectivity index (χ1n) is 3.12. The van der Waals surface area contributed by atoms with E-state index in [1.807, 2.05) is 0 Å². The molecule has 11 heavy (non-hydrogen) atoms. The van der Waals surface area contributed by atoms with Crippen LogP contribution in [-0.4, -0.2) is 7.11 Å². The van der Waals surface area contributed by atoms with Gasteiger partial charge in [-0.15, -0.1) is 0 Å². The van der Waals surface area contributed by atoms with Crippen LogP contribution in [0.4, 0.5) is 11.4 Å². The fourth-order valence-corrected chi connectivity index (χ4v) is 0.801. The van der Waals surface area contributed by atoms with Gasteiger partial charge in [0.05, 0.1) is 7.11 Å². The van der Waals surface area contributed by atoms with Crippen LogP contribution in [0, 0.1) is 0 Å². The molecule has 0 unspecified atom stereocenters. The third kappa shape index (κ3) is 1.46. The maximum absolute atomic E-state index is 5.50. The van der Waals surface area contributed by atoms with Crippen molar-refractivity contribution in [3.63, 3.8) is 0 Å². The molecule has 0 bridgehead atoms. The SMILES string of the molecule is COc1cc(N)ccc1N=[NH2+]. The van der Waals surface area contributed by atoms with E-state index in [0.717, 1.165) is 0 Å². The number of rotatable bonds is 2. The molecule has 0 aliphatic rings. The van der Waals surface area contributed by atoms with E-state index in [9.17, 15) is 0 Å². The van der Waals surface area contributed by atoms with Crippen LogP contribution in [0.25, 0.3) is 0 Å². The summed E-state index contributed by atoms with van der Waals surface area (Å²) in [5, 5.41) is 3.50. The van der Waals surface area contributed by atoms with E-state index in [2.05, 4.69) is 5.11 Å². The Kier molecular flexibility index (Phi) is 2.06. The summed E-state index contributed by atoms with van der Waals surface area (Å²) in [5.74, 6) is 0.590. The van der Waals surface area contributed by atoms with Gasteiger partial charge in [-0.3, -0.25) is 0 Å². The van der Waals surface area contributed by atoms with Crippen molar-refractivity contribution in [1.82, 2.24) is 0 Å². The van der Waals surface area contributed by atoms with Crippen molar-refractivity contribution in [3.8, 4) is 5.75 Å². The maximum Gasteiger partial charge on any atom is 0.171 e. The van der Waals surface area contributed by atoms with Crippen molar-refractivity contribution in [2.24, 2.45) is 5.11 Å². The zero-order valence-corrected chi connectivity index (χ0v) is 6.24. The fourth-order valence-electron chi connectivity index (χ4n) is 0.801. The number of hydrogen-bond donors (Lipinski definition) is 2. The number of hydrogen-bond acceptors (Lipinski definition) is 3. The van der Waals surface area contributed by atoms with Crippen molar-refractivity contribution >= 4 is 11.4 Å². The van der Waals surface area contributed by atoms with Crippen molar-refractivity contribution in [1.29, 1.82) is 0 Å². The topological polar surface area (TPSA) is 73.2 Å². The number of nitrogen functional groups attached to an aromatic ring is 1. The molecule has 0 fully saturated rings. The Morgan fingerprint density at radius 3 is 2.82 bits per heavy atom. The highest BCUT2D eigenvalue weighted by Gasteiger charge is 2.02. The summed E-state index contributed by atoms with van der Waals surface area (Å²) >= 11 is 0. The van der Waals surface area contributed by atoms with Crippen molar-refractivity contribution in [2.75, 3.05) is 12.8 Å². The predicted octanol–water partition coefficient (Wildman–Crippen LogP) is 0.120. The lowest BCUT2D eigenvalue weighted by molar-refractivity contribution is -0.210. The molecule has 0 heterocycles. The molecule has 4 nitrogen and oxygen atoms in total. The molecule has 0 aromatic heterocycles. The summed E-state index contributed by atoms with van der Waals surface area (Å²) in [6.07, 6.45) is 0. The first-order chi connectivity index (χ1) is 5.27. The Bertz CT molecular complexity index is 272. The van der Waals surface area contributed by atoms with Crippen LogP contribution in [-0.2, 0) is 0 Å². The summed E-state index contributed by atoms with van der Waals surface area (Å²) in [7, 11) is 1.55. The van der Waals surface area contributed by atoms with Crippen LogP contribution >= 0.6 is 0 Å². The normalized spacial score (nSPS) is 9.18. The molecule has 0 spiro atoms. The van der Waals surface area contributed by atoms with E-state index in [4.69, 9.17) is 16.0 Å². The lowest BCUT2D eigenvalue weighted by Crippen LogP contribution is -2.22. The van der Waals surface area contributed by atoms with Crippen LogP contribution in [0.3, 0.4) is 0 Å². The Morgan fingerprint density at radius 1 is 1.55 bits per heavy atom. The third-order valence-electron chi connectivity index (χ3n) is 1.34. The van der Waals surface area contributed by atoms with E-state index < -0.39 is 0 Å². The van der Waals surface area contributed by atoms with Gasteiger partial charge < -0.3 is 10.5 Å². The number of nitrogens with two attached hydrogens (primary N) is 2. The van der Waals surface area contributed by atoms with Gasteiger partial charge in [-0.2, -0.15) is 5.53 Å². The van der Waals surface area contributed by atoms with Gasteiger partial charge in [0.2, 0.25) is 0 Å². The van der Waals surface area contributed by atoms with Crippen molar-refractivity contribution < 1.29 is 10.3 Å². The molecule has 0 atom stereocenters. The highest BCUT2D eigenvalue weighted by Crippen LogP contribution is 2.27. The Morgan fingerprint density at radius 2 is 2.27 bits per heavy atom. The quantitative estimate of drug-likeness (QED) is 0.466. The number of ether oxygens (including phenoxy) is 1. The van der Waals surface area contributed by atoms with E-state index in [1.54, 1.807) is 25.3 Å². The first-order valence-corrected chi connectivity index (χ1v) is 3.12. The fraction of sp³-hybridized carbons (Fsp3) is 0.143. The molecule has 0 saturated heterocycles. The standard InChI is InChI=1S/C7H9N3O/c1-11-7-4-5(8)2-3-6(7)10-9/h2-4,9H,8H2,1H3/p+1. The van der Waals surface area contributed by atoms with Crippen LogP contribution in [0.5, 0.6) is 5.75 Å². The van der Waals surface area contributed by atoms with E-state index >= 15 is 0 Å². The number of methoxy groups -OCH3 is 1. The predicted molar refractivity (Wildman–Crippen MR) is 41.4 cm³/mol. The van der Waals surface area contributed by atoms with Crippen LogP contribution in [0.2, 0.25) is 0 Å². The lowest BCUT2D eigenvalue weighted by Gasteiger charge is -2.01. The third-order valence-corrected chi connectivity index (χ3v) is 1.34. The Hall–Kier alpha value is -1.58. The monoisotopic (exact) mass is 152 g/mol. The summed E-state index contributed by atoms with van der Waals surface area (Å²) in [5.41, 5.74) is 11.8. The lowest BCUT2D eigenvalue weighted by atomic mass is 10.2. The highest BCUT2D eigenvalue weighted by molar-refractivity contribution is 5.58. The Labute approximate surface area is 64.5 Å². The molecule has 0 amide bonds. The summed E-state index contributed by atoms with van der Waals surface area (Å²) in [6, 6.07) is 5.09. The van der Waals surface area contributed by atoms with Gasteiger partial charge >= 0.3 is 0 Å². The number of nitrogens with zero attached hydrogens (tertiary/aromatic N) is 1. The minimum atomic E-state index is 0.590. The van der Waals surface area contributed by atoms with Gasteiger partial charge in [-0.25, -0.2) is 0 Å². The molecule has 1 aromatic rings. The molecule has 0 aliphatic carbocycles. The highest BCUT2D eigenvalue weighted by atomic mass is 16.5. The molecule has 0 saturated carbocycles. The average molecular weight is 152 g/mol. The molecule has 58 valence electrons. The van der Waals surface area contributed by atoms with Gasteiger partial charge in [0.15, 0.2) is 11.4 Å². The molecule has 1 rings (SSSR count). The van der Waals surface area contributed by atoms with Crippen LogP contribution in [0.15, 0.2) is 23.3 Å². The summed E-state index contributed by atoms with van der Waals surface area (Å²) in [6.45, 7) is 0. The zero-order chi connectivity index (χ0) is 8.27. The minimum absolute atomic E-state index is 0.590. The van der Waals surface area contributed by atoms with E-state index in [-0.39, 0.29) is 0 Å². The molecule has 0 radical (unpaired) electrons. The van der Waals surface area contributed by atoms with Gasteiger partial charge in [-0.1, -0.05) is 0 Å². The second-order valence-corrected chi connectivity index (χ2v) is 2.06. The van der Waals surface area contributed by atoms with Gasteiger partial charge in [0.25, 0.3) is 0 Å². The van der Waals surface area contributed by atoms with E-state index in [1.165, 1.54) is 0 Å². The average Bonchev–Trinajstić information content (AvgIpc) is 2.04. The smallest absolute Gasteiger partial charge is 0.171 e. The second kappa shape index (κ2) is 3.01. The van der Waals surface area contributed by atoms with Gasteiger partial charge in [0.1, 0.15) is 0 Å². The number of anilines is 1. The second-order valence-electron chi connectivity index (χ2n) is 2.06. The van der Waals surface area contributed by atoms with Gasteiger partial charge in [-0.05, 0) is 17.2 Å². The molecular formula is C7H10N3O+. The molecule has 4 N–H and O–H groups in total. The minimum Gasteiger partial charge on any atom is -0.494 e. The van der Waals surface area contributed by atoms with Gasteiger partial charge in [0, 0.05) is 11.8 Å². The van der Waals surface area contributed by atoms with Crippen molar-refractivity contribution in [2.45, 2.75) is 0 Å². The molecule has 1 aromatic carbocycles. The summed E-state index contributed by atoms with van der Waals surface area (Å²) < 4.78 is 4.96. The van der Waals surface area contributed by atoms with Crippen LogP contribution in [0.1, 0.15) is 0 Å². The molecule has 4 heteroatoms. The zero-order valence-electron chi connectivity index (χ0n) is 6.24. The summed E-state index contributed by atoms with van der Waals surface area (Å²) in [4.78, 5) is 0. The molecule has 0 aliphatic heterocycles. The van der Waals surface area contributed by atoms with Crippen molar-refractivity contribution in [3.05, 3.63) is 18.2 Å². The van der Waals surface area contributed by atoms with E-state index in [0.29, 0.717) is 17.1 Å². The largest absolute Gasteiger partial charge is 0.494 e. The molecular weight excluding hydrogens is 142 g/mol. The maximum atomic E-state index is 5.50. The Balaban J connectivity index is 3.16. The van der Waals surface area contributed by atoms with Crippen LogP contribution < -0.4 is 16.0 Å². The number of benzene rings is 1. The first kappa shape index (κ1) is 7.53.